The Labute approximate surface area is 148 Å². The van der Waals surface area contributed by atoms with Gasteiger partial charge in [0, 0.05) is 25.1 Å². The maximum Gasteiger partial charge on any atom is 0.240 e. The largest absolute Gasteiger partial charge is 0.486 e. The molecule has 0 spiro atoms. The fraction of sp³-hybridized carbons (Fsp3) is 0.588. The molecule has 7 nitrogen and oxygen atoms in total. The van der Waals surface area contributed by atoms with Crippen molar-refractivity contribution in [2.75, 3.05) is 19.8 Å². The maximum atomic E-state index is 12.4. The van der Waals surface area contributed by atoms with E-state index in [-0.39, 0.29) is 29.8 Å². The lowest BCUT2D eigenvalue weighted by atomic mass is 9.95. The van der Waals surface area contributed by atoms with Gasteiger partial charge in [0.05, 0.1) is 4.90 Å². The van der Waals surface area contributed by atoms with E-state index < -0.39 is 10.0 Å². The molecule has 0 saturated heterocycles. The van der Waals surface area contributed by atoms with Crippen molar-refractivity contribution >= 4 is 15.9 Å². The highest BCUT2D eigenvalue weighted by molar-refractivity contribution is 7.89. The zero-order valence-electron chi connectivity index (χ0n) is 14.1. The van der Waals surface area contributed by atoms with Gasteiger partial charge in [-0.3, -0.25) is 4.79 Å². The normalized spacial score (nSPS) is 17.9. The number of hydrogen-bond acceptors (Lipinski definition) is 5. The molecule has 25 heavy (non-hydrogen) atoms. The van der Waals surface area contributed by atoms with Crippen LogP contribution >= 0.6 is 0 Å². The number of ether oxygens (including phenoxy) is 2. The number of fused-ring (bicyclic) bond motifs is 1. The monoisotopic (exact) mass is 368 g/mol. The van der Waals surface area contributed by atoms with E-state index in [2.05, 4.69) is 10.0 Å². The number of amides is 1. The number of rotatable bonds is 6. The van der Waals surface area contributed by atoms with E-state index in [0.717, 1.165) is 25.7 Å². The van der Waals surface area contributed by atoms with Gasteiger partial charge in [-0.2, -0.15) is 0 Å². The molecule has 138 valence electrons. The van der Waals surface area contributed by atoms with Gasteiger partial charge in [0.25, 0.3) is 0 Å². The molecular weight excluding hydrogens is 344 g/mol. The van der Waals surface area contributed by atoms with E-state index in [9.17, 15) is 13.2 Å². The highest BCUT2D eigenvalue weighted by Gasteiger charge is 2.20. The van der Waals surface area contributed by atoms with E-state index in [4.69, 9.17) is 9.47 Å². The Hall–Kier alpha value is -1.80. The van der Waals surface area contributed by atoms with E-state index >= 15 is 0 Å². The minimum absolute atomic E-state index is 0.0648. The van der Waals surface area contributed by atoms with Crippen LogP contribution in [0.5, 0.6) is 11.5 Å². The van der Waals surface area contributed by atoms with Crippen LogP contribution in [0.4, 0.5) is 0 Å². The topological polar surface area (TPSA) is 93.7 Å². The molecule has 1 aromatic carbocycles. The number of hydrogen-bond donors (Lipinski definition) is 2. The Balaban J connectivity index is 1.50. The van der Waals surface area contributed by atoms with Crippen LogP contribution in [0.3, 0.4) is 0 Å². The molecule has 1 heterocycles. The summed E-state index contributed by atoms with van der Waals surface area (Å²) in [6.45, 7) is 0.911. The van der Waals surface area contributed by atoms with Gasteiger partial charge >= 0.3 is 0 Å². The number of benzene rings is 1. The molecule has 0 bridgehead atoms. The van der Waals surface area contributed by atoms with Crippen molar-refractivity contribution in [3.05, 3.63) is 18.2 Å². The van der Waals surface area contributed by atoms with Gasteiger partial charge in [-0.1, -0.05) is 19.3 Å². The molecule has 2 N–H and O–H groups in total. The lowest BCUT2D eigenvalue weighted by Gasteiger charge is -2.22. The third kappa shape index (κ3) is 4.85. The summed E-state index contributed by atoms with van der Waals surface area (Å²) in [5.74, 6) is 0.845. The molecule has 3 rings (SSSR count). The lowest BCUT2D eigenvalue weighted by molar-refractivity contribution is -0.121. The molecular formula is C17H24N2O5S. The number of nitrogens with one attached hydrogen (secondary N) is 2. The van der Waals surface area contributed by atoms with Crippen molar-refractivity contribution in [3.8, 4) is 11.5 Å². The van der Waals surface area contributed by atoms with Crippen LogP contribution in [-0.4, -0.2) is 40.1 Å². The average Bonchev–Trinajstić information content (AvgIpc) is 2.62. The van der Waals surface area contributed by atoms with Crippen LogP contribution in [-0.2, 0) is 14.8 Å². The molecule has 0 unspecified atom stereocenters. The fourth-order valence-corrected chi connectivity index (χ4v) is 4.17. The third-order valence-corrected chi connectivity index (χ3v) is 5.90. The van der Waals surface area contributed by atoms with Gasteiger partial charge in [0.15, 0.2) is 11.5 Å². The third-order valence-electron chi connectivity index (χ3n) is 4.44. The second-order valence-corrected chi connectivity index (χ2v) is 8.12. The van der Waals surface area contributed by atoms with Crippen LogP contribution in [0.25, 0.3) is 0 Å². The molecule has 1 fully saturated rings. The van der Waals surface area contributed by atoms with E-state index in [0.29, 0.717) is 24.7 Å². The molecule has 1 aromatic rings. The summed E-state index contributed by atoms with van der Waals surface area (Å²) in [5, 5.41) is 2.98. The molecule has 8 heteroatoms. The summed E-state index contributed by atoms with van der Waals surface area (Å²) < 4.78 is 38.0. The van der Waals surface area contributed by atoms with Crippen molar-refractivity contribution in [1.29, 1.82) is 0 Å². The molecule has 1 aliphatic carbocycles. The first kappa shape index (κ1) is 18.0. The standard InChI is InChI=1S/C17H24N2O5S/c20-17(19-13-4-2-1-3-5-13)8-9-18-25(21,22)14-6-7-15-16(12-14)24-11-10-23-15/h6-7,12-13,18H,1-5,8-11H2,(H,19,20). The van der Waals surface area contributed by atoms with Gasteiger partial charge in [-0.25, -0.2) is 13.1 Å². The highest BCUT2D eigenvalue weighted by atomic mass is 32.2. The smallest absolute Gasteiger partial charge is 0.240 e. The van der Waals surface area contributed by atoms with Crippen LogP contribution in [0.15, 0.2) is 23.1 Å². The van der Waals surface area contributed by atoms with Crippen molar-refractivity contribution in [1.82, 2.24) is 10.0 Å². The molecule has 0 atom stereocenters. The summed E-state index contributed by atoms with van der Waals surface area (Å²) in [6, 6.07) is 4.73. The summed E-state index contributed by atoms with van der Waals surface area (Å²) in [4.78, 5) is 12.0. The predicted octanol–water partition coefficient (Wildman–Crippen LogP) is 1.58. The first-order valence-corrected chi connectivity index (χ1v) is 10.2. The van der Waals surface area contributed by atoms with Crippen LogP contribution in [0.2, 0.25) is 0 Å². The Morgan fingerprint density at radius 1 is 1.08 bits per heavy atom. The Kier molecular flexibility index (Phi) is 5.80. The lowest BCUT2D eigenvalue weighted by Crippen LogP contribution is -2.38. The number of sulfonamides is 1. The predicted molar refractivity (Wildman–Crippen MR) is 92.3 cm³/mol. The van der Waals surface area contributed by atoms with Gasteiger partial charge in [-0.15, -0.1) is 0 Å². The van der Waals surface area contributed by atoms with Crippen LogP contribution in [0.1, 0.15) is 38.5 Å². The number of carbonyl (C=O) groups is 1. The minimum Gasteiger partial charge on any atom is -0.486 e. The van der Waals surface area contributed by atoms with E-state index in [1.807, 2.05) is 0 Å². The highest BCUT2D eigenvalue weighted by Crippen LogP contribution is 2.32. The molecule has 1 aliphatic heterocycles. The zero-order chi connectivity index (χ0) is 17.7. The first-order chi connectivity index (χ1) is 12.0. The van der Waals surface area contributed by atoms with Crippen LogP contribution in [0, 0.1) is 0 Å². The van der Waals surface area contributed by atoms with Crippen LogP contribution < -0.4 is 19.5 Å². The van der Waals surface area contributed by atoms with Gasteiger partial charge in [-0.05, 0) is 25.0 Å². The van der Waals surface area contributed by atoms with Gasteiger partial charge < -0.3 is 14.8 Å². The molecule has 1 saturated carbocycles. The molecule has 0 aromatic heterocycles. The Morgan fingerprint density at radius 3 is 2.56 bits per heavy atom. The Bertz CT molecular complexity index is 714. The van der Waals surface area contributed by atoms with Crippen molar-refractivity contribution in [2.24, 2.45) is 0 Å². The molecule has 1 amide bonds. The second-order valence-electron chi connectivity index (χ2n) is 6.36. The average molecular weight is 368 g/mol. The molecule has 2 aliphatic rings. The van der Waals surface area contributed by atoms with Crippen molar-refractivity contribution in [3.63, 3.8) is 0 Å². The van der Waals surface area contributed by atoms with Crippen molar-refractivity contribution < 1.29 is 22.7 Å². The summed E-state index contributed by atoms with van der Waals surface area (Å²) in [6.07, 6.45) is 5.65. The van der Waals surface area contributed by atoms with E-state index in [1.54, 1.807) is 6.07 Å². The maximum absolute atomic E-state index is 12.4. The summed E-state index contributed by atoms with van der Waals surface area (Å²) >= 11 is 0. The quantitative estimate of drug-likeness (QED) is 0.795. The fourth-order valence-electron chi connectivity index (χ4n) is 3.12. The minimum atomic E-state index is -3.69. The van der Waals surface area contributed by atoms with Crippen molar-refractivity contribution in [2.45, 2.75) is 49.5 Å². The van der Waals surface area contributed by atoms with E-state index in [1.165, 1.54) is 18.6 Å². The summed E-state index contributed by atoms with van der Waals surface area (Å²) in [5.41, 5.74) is 0. The van der Waals surface area contributed by atoms with Gasteiger partial charge in [0.1, 0.15) is 13.2 Å². The second kappa shape index (κ2) is 8.05. The Morgan fingerprint density at radius 2 is 1.80 bits per heavy atom. The first-order valence-electron chi connectivity index (χ1n) is 8.73. The zero-order valence-corrected chi connectivity index (χ0v) is 14.9. The SMILES string of the molecule is O=C(CCNS(=O)(=O)c1ccc2c(c1)OCCO2)NC1CCCCC1. The summed E-state index contributed by atoms with van der Waals surface area (Å²) in [7, 11) is -3.69. The number of carbonyl (C=O) groups excluding carboxylic acids is 1. The van der Waals surface area contributed by atoms with Gasteiger partial charge in [0.2, 0.25) is 15.9 Å². The molecule has 0 radical (unpaired) electrons.